The maximum atomic E-state index is 13.7. The predicted molar refractivity (Wildman–Crippen MR) is 92.5 cm³/mol. The highest BCUT2D eigenvalue weighted by molar-refractivity contribution is 9.10. The third-order valence-corrected chi connectivity index (χ3v) is 4.32. The maximum absolute atomic E-state index is 13.7. The van der Waals surface area contributed by atoms with Crippen LogP contribution < -0.4 is 5.32 Å². The molecule has 1 heterocycles. The molecule has 2 amide bonds. The highest BCUT2D eigenvalue weighted by Crippen LogP contribution is 2.30. The van der Waals surface area contributed by atoms with Crippen molar-refractivity contribution in [3.05, 3.63) is 76.0 Å². The number of fused-ring (bicyclic) bond motifs is 1. The number of benzene rings is 2. The Balaban J connectivity index is 1.65. The van der Waals surface area contributed by atoms with Crippen LogP contribution in [0.3, 0.4) is 0 Å². The number of hydrogen-bond acceptors (Lipinski definition) is 2. The van der Waals surface area contributed by atoms with Gasteiger partial charge in [-0.2, -0.15) is 0 Å². The van der Waals surface area contributed by atoms with Crippen LogP contribution in [-0.4, -0.2) is 23.3 Å². The predicted octanol–water partition coefficient (Wildman–Crippen LogP) is 3.33. The fraction of sp³-hybridized carbons (Fsp3) is 0.111. The number of amides is 2. The molecule has 1 aliphatic rings. The van der Waals surface area contributed by atoms with Crippen LogP contribution in [0.25, 0.3) is 5.70 Å². The molecule has 0 saturated carbocycles. The quantitative estimate of drug-likeness (QED) is 0.872. The minimum Gasteiger partial charge on any atom is -0.350 e. The van der Waals surface area contributed by atoms with Gasteiger partial charge in [-0.15, -0.1) is 0 Å². The number of nitrogens with zero attached hydrogens (tertiary/aromatic N) is 1. The lowest BCUT2D eigenvalue weighted by Crippen LogP contribution is -2.36. The van der Waals surface area contributed by atoms with Crippen molar-refractivity contribution in [2.24, 2.45) is 0 Å². The lowest BCUT2D eigenvalue weighted by Gasteiger charge is -2.17. The van der Waals surface area contributed by atoms with Crippen molar-refractivity contribution in [3.8, 4) is 0 Å². The Morgan fingerprint density at radius 2 is 1.92 bits per heavy atom. The average Bonchev–Trinajstić information content (AvgIpc) is 2.81. The molecule has 0 atom stereocenters. The van der Waals surface area contributed by atoms with Gasteiger partial charge in [0.05, 0.1) is 0 Å². The van der Waals surface area contributed by atoms with Crippen molar-refractivity contribution >= 4 is 33.4 Å². The number of hydrogen-bond donors (Lipinski definition) is 1. The summed E-state index contributed by atoms with van der Waals surface area (Å²) in [5, 5.41) is 2.63. The van der Waals surface area contributed by atoms with Crippen molar-refractivity contribution in [1.82, 2.24) is 10.2 Å². The van der Waals surface area contributed by atoms with Gasteiger partial charge in [0.15, 0.2) is 0 Å². The topological polar surface area (TPSA) is 49.4 Å². The zero-order valence-electron chi connectivity index (χ0n) is 12.7. The summed E-state index contributed by atoms with van der Waals surface area (Å²) in [5.74, 6) is -1.02. The van der Waals surface area contributed by atoms with E-state index in [0.29, 0.717) is 16.8 Å². The van der Waals surface area contributed by atoms with Crippen LogP contribution in [-0.2, 0) is 11.3 Å². The van der Waals surface area contributed by atoms with E-state index in [-0.39, 0.29) is 24.9 Å². The molecular weight excluding hydrogens is 375 g/mol. The Bertz CT molecular complexity index is 816. The number of halogens is 2. The van der Waals surface area contributed by atoms with Gasteiger partial charge in [0.1, 0.15) is 12.4 Å². The number of rotatable bonds is 4. The Morgan fingerprint density at radius 1 is 1.21 bits per heavy atom. The highest BCUT2D eigenvalue weighted by Gasteiger charge is 2.31. The molecule has 0 saturated heterocycles. The largest absolute Gasteiger partial charge is 0.350 e. The second-order valence-electron chi connectivity index (χ2n) is 5.40. The van der Waals surface area contributed by atoms with Gasteiger partial charge in [0.25, 0.3) is 5.91 Å². The molecule has 4 nitrogen and oxygen atoms in total. The maximum Gasteiger partial charge on any atom is 0.259 e. The van der Waals surface area contributed by atoms with Crippen molar-refractivity contribution < 1.29 is 14.0 Å². The van der Waals surface area contributed by atoms with E-state index >= 15 is 0 Å². The summed E-state index contributed by atoms with van der Waals surface area (Å²) in [6.45, 7) is 3.78. The first-order chi connectivity index (χ1) is 11.5. The summed E-state index contributed by atoms with van der Waals surface area (Å²) >= 11 is 3.26. The van der Waals surface area contributed by atoms with Gasteiger partial charge >= 0.3 is 0 Å². The van der Waals surface area contributed by atoms with Crippen LogP contribution in [0, 0.1) is 5.82 Å². The van der Waals surface area contributed by atoms with Crippen LogP contribution in [0.1, 0.15) is 21.5 Å². The highest BCUT2D eigenvalue weighted by atomic mass is 79.9. The van der Waals surface area contributed by atoms with Crippen molar-refractivity contribution in [2.45, 2.75) is 6.54 Å². The molecule has 2 aromatic rings. The van der Waals surface area contributed by atoms with Crippen LogP contribution >= 0.6 is 15.9 Å². The minimum atomic E-state index is -0.396. The molecule has 0 bridgehead atoms. The van der Waals surface area contributed by atoms with E-state index in [0.717, 1.165) is 10.0 Å². The molecule has 0 aromatic heterocycles. The molecule has 0 radical (unpaired) electrons. The Hall–Kier alpha value is -2.47. The standard InChI is InChI=1S/C18H14BrFN2O2/c1-11-14-4-2-3-5-15(14)18(24)22(11)10-17(23)21-9-12-8-13(19)6-7-16(12)20/h2-8H,1,9-10H2,(H,21,23). The third-order valence-electron chi connectivity index (χ3n) is 3.82. The zero-order chi connectivity index (χ0) is 17.3. The zero-order valence-corrected chi connectivity index (χ0v) is 14.3. The van der Waals surface area contributed by atoms with Crippen molar-refractivity contribution in [1.29, 1.82) is 0 Å². The van der Waals surface area contributed by atoms with E-state index < -0.39 is 5.82 Å². The second-order valence-corrected chi connectivity index (χ2v) is 6.31. The molecule has 1 N–H and O–H groups in total. The number of carbonyl (C=O) groups excluding carboxylic acids is 2. The van der Waals surface area contributed by atoms with E-state index in [9.17, 15) is 14.0 Å². The van der Waals surface area contributed by atoms with Crippen LogP contribution in [0.4, 0.5) is 4.39 Å². The first-order valence-electron chi connectivity index (χ1n) is 7.28. The van der Waals surface area contributed by atoms with Gasteiger partial charge in [-0.05, 0) is 24.3 Å². The molecule has 24 heavy (non-hydrogen) atoms. The lowest BCUT2D eigenvalue weighted by molar-refractivity contribution is -0.121. The van der Waals surface area contributed by atoms with Gasteiger partial charge < -0.3 is 5.32 Å². The minimum absolute atomic E-state index is 0.0472. The van der Waals surface area contributed by atoms with Gasteiger partial charge in [-0.25, -0.2) is 4.39 Å². The molecule has 3 rings (SSSR count). The fourth-order valence-electron chi connectivity index (χ4n) is 2.57. The van der Waals surface area contributed by atoms with Gasteiger partial charge in [0, 0.05) is 33.4 Å². The first kappa shape index (κ1) is 16.4. The fourth-order valence-corrected chi connectivity index (χ4v) is 2.98. The van der Waals surface area contributed by atoms with Crippen LogP contribution in [0.15, 0.2) is 53.5 Å². The average molecular weight is 389 g/mol. The summed E-state index contributed by atoms with van der Waals surface area (Å²) in [4.78, 5) is 25.8. The van der Waals surface area contributed by atoms with Crippen molar-refractivity contribution in [3.63, 3.8) is 0 Å². The lowest BCUT2D eigenvalue weighted by atomic mass is 10.1. The van der Waals surface area contributed by atoms with Gasteiger partial charge in [-0.1, -0.05) is 40.7 Å². The summed E-state index contributed by atoms with van der Waals surface area (Å²) in [7, 11) is 0. The molecule has 2 aromatic carbocycles. The molecular formula is C18H14BrFN2O2. The Labute approximate surface area is 147 Å². The molecule has 0 spiro atoms. The first-order valence-corrected chi connectivity index (χ1v) is 8.07. The Morgan fingerprint density at radius 3 is 2.62 bits per heavy atom. The van der Waals surface area contributed by atoms with Crippen LogP contribution in [0.2, 0.25) is 0 Å². The smallest absolute Gasteiger partial charge is 0.259 e. The third kappa shape index (κ3) is 3.10. The Kier molecular flexibility index (Phi) is 4.49. The molecule has 0 aliphatic carbocycles. The summed E-state index contributed by atoms with van der Waals surface area (Å²) in [6, 6.07) is 11.6. The molecule has 6 heteroatoms. The van der Waals surface area contributed by atoms with E-state index in [1.165, 1.54) is 11.0 Å². The summed E-state index contributed by atoms with van der Waals surface area (Å²) < 4.78 is 14.4. The van der Waals surface area contributed by atoms with E-state index in [1.54, 1.807) is 30.3 Å². The number of nitrogens with one attached hydrogen (secondary N) is 1. The van der Waals surface area contributed by atoms with E-state index in [1.807, 2.05) is 6.07 Å². The second kappa shape index (κ2) is 6.57. The molecule has 122 valence electrons. The molecule has 1 aliphatic heterocycles. The summed E-state index contributed by atoms with van der Waals surface area (Å²) in [5.41, 5.74) is 2.13. The molecule has 0 fully saturated rings. The number of carbonyl (C=O) groups is 2. The summed E-state index contributed by atoms with van der Waals surface area (Å²) in [6.07, 6.45) is 0. The van der Waals surface area contributed by atoms with Crippen LogP contribution in [0.5, 0.6) is 0 Å². The SMILES string of the molecule is C=C1c2ccccc2C(=O)N1CC(=O)NCc1cc(Br)ccc1F. The normalized spacial score (nSPS) is 13.2. The van der Waals surface area contributed by atoms with Crippen molar-refractivity contribution in [2.75, 3.05) is 6.54 Å². The van der Waals surface area contributed by atoms with Gasteiger partial charge in [0.2, 0.25) is 5.91 Å². The monoisotopic (exact) mass is 388 g/mol. The van der Waals surface area contributed by atoms with Gasteiger partial charge in [-0.3, -0.25) is 14.5 Å². The van der Waals surface area contributed by atoms with E-state index in [2.05, 4.69) is 27.8 Å². The van der Waals surface area contributed by atoms with E-state index in [4.69, 9.17) is 0 Å². The molecule has 0 unspecified atom stereocenters.